The monoisotopic (exact) mass is 641 g/mol. The zero-order valence-electron chi connectivity index (χ0n) is 24.2. The molecular formula is C23H56IN5O7. The molecule has 12 nitrogen and oxygen atoms in total. The van der Waals surface area contributed by atoms with Crippen molar-refractivity contribution in [2.45, 2.75) is 25.7 Å². The molecule has 0 aliphatic carbocycles. The zero-order chi connectivity index (χ0) is 28.6. The summed E-state index contributed by atoms with van der Waals surface area (Å²) >= 11 is 0. The molecule has 0 rings (SSSR count). The fourth-order valence-electron chi connectivity index (χ4n) is 1.88. The van der Waals surface area contributed by atoms with E-state index in [2.05, 4.69) is 74.1 Å². The van der Waals surface area contributed by atoms with Crippen LogP contribution in [0.25, 0.3) is 0 Å². The number of hydrogen-bond acceptors (Lipinski definition) is 7. The van der Waals surface area contributed by atoms with Crippen molar-refractivity contribution in [3.63, 3.8) is 0 Å². The van der Waals surface area contributed by atoms with Crippen molar-refractivity contribution in [3.05, 3.63) is 0 Å². The SMILES string of the molecule is C[N+](C)(C)CCO.C[N+](C)(C)CCO.C[N+](C)(C)CCO.O=C([O-])NCCCCCCNC(=O)[O-].[I-]. The van der Waals surface area contributed by atoms with Gasteiger partial charge in [0.05, 0.1) is 83.2 Å². The van der Waals surface area contributed by atoms with E-state index in [0.717, 1.165) is 58.8 Å². The van der Waals surface area contributed by atoms with E-state index in [-0.39, 0.29) is 43.8 Å². The van der Waals surface area contributed by atoms with Crippen molar-refractivity contribution >= 4 is 12.2 Å². The minimum Gasteiger partial charge on any atom is -1.00 e. The van der Waals surface area contributed by atoms with E-state index in [1.807, 2.05) is 0 Å². The number of aliphatic hydroxyl groups excluding tert-OH is 3. The van der Waals surface area contributed by atoms with Crippen LogP contribution in [-0.4, -0.2) is 157 Å². The van der Waals surface area contributed by atoms with Crippen molar-refractivity contribution in [1.29, 1.82) is 0 Å². The lowest BCUT2D eigenvalue weighted by atomic mass is 10.2. The Bertz CT molecular complexity index is 437. The lowest BCUT2D eigenvalue weighted by Crippen LogP contribution is -3.00. The van der Waals surface area contributed by atoms with E-state index < -0.39 is 12.2 Å². The van der Waals surface area contributed by atoms with Crippen molar-refractivity contribution in [1.82, 2.24) is 10.6 Å². The Morgan fingerprint density at radius 2 is 0.778 bits per heavy atom. The van der Waals surface area contributed by atoms with Crippen LogP contribution in [0.4, 0.5) is 9.59 Å². The summed E-state index contributed by atoms with van der Waals surface area (Å²) in [4.78, 5) is 19.8. The Morgan fingerprint density at radius 3 is 0.889 bits per heavy atom. The van der Waals surface area contributed by atoms with Crippen LogP contribution in [0.5, 0.6) is 0 Å². The molecule has 0 heterocycles. The van der Waals surface area contributed by atoms with Gasteiger partial charge in [0.2, 0.25) is 0 Å². The number of rotatable bonds is 13. The number of nitrogens with one attached hydrogen (secondary N) is 2. The maximum atomic E-state index is 9.91. The van der Waals surface area contributed by atoms with Crippen molar-refractivity contribution in [2.75, 3.05) is 116 Å². The number of hydrogen-bond donors (Lipinski definition) is 5. The maximum absolute atomic E-state index is 9.91. The number of halogens is 1. The molecule has 5 N–H and O–H groups in total. The van der Waals surface area contributed by atoms with Crippen LogP contribution < -0.4 is 44.8 Å². The normalized spacial score (nSPS) is 10.7. The van der Waals surface area contributed by atoms with E-state index in [0.29, 0.717) is 13.1 Å². The molecule has 0 aliphatic rings. The van der Waals surface area contributed by atoms with Gasteiger partial charge in [-0.25, -0.2) is 0 Å². The molecule has 36 heavy (non-hydrogen) atoms. The number of likely N-dealkylation sites (N-methyl/N-ethyl adjacent to an activating group) is 3. The van der Waals surface area contributed by atoms with E-state index in [4.69, 9.17) is 15.3 Å². The molecule has 0 aromatic carbocycles. The van der Waals surface area contributed by atoms with Crippen LogP contribution in [-0.2, 0) is 0 Å². The summed E-state index contributed by atoms with van der Waals surface area (Å²) in [5, 5.41) is 49.2. The number of carboxylic acid groups (broad SMARTS) is 2. The standard InChI is InChI=1S/C8H16N2O4.3C5H14NO.HI/c11-7(12)9-5-3-1-2-4-6-10-8(13)14;3*1-6(2,3)4-5-7;/h9-10H,1-6H2,(H,11,12)(H,13,14);3*7H,4-5H2,1-3H3;1H/q;3*+1;/p-3. The van der Waals surface area contributed by atoms with E-state index >= 15 is 0 Å². The Morgan fingerprint density at radius 1 is 0.556 bits per heavy atom. The Hall–Kier alpha value is -0.970. The summed E-state index contributed by atoms with van der Waals surface area (Å²) < 4.78 is 2.53. The van der Waals surface area contributed by atoms with E-state index in [9.17, 15) is 19.8 Å². The van der Waals surface area contributed by atoms with Gasteiger partial charge in [0, 0.05) is 13.1 Å². The molecule has 0 atom stereocenters. The quantitative estimate of drug-likeness (QED) is 0.0761. The number of unbranched alkanes of at least 4 members (excludes halogenated alkanes) is 3. The Labute approximate surface area is 236 Å². The van der Waals surface area contributed by atoms with Gasteiger partial charge in [-0.1, -0.05) is 12.8 Å². The van der Waals surface area contributed by atoms with E-state index in [1.54, 1.807) is 0 Å². The average Bonchev–Trinajstić information content (AvgIpc) is 2.62. The number of amides is 2. The third kappa shape index (κ3) is 69.8. The highest BCUT2D eigenvalue weighted by atomic mass is 127. The van der Waals surface area contributed by atoms with Crippen molar-refractivity contribution in [2.24, 2.45) is 0 Å². The van der Waals surface area contributed by atoms with Gasteiger partial charge in [-0.2, -0.15) is 0 Å². The summed E-state index contributed by atoms with van der Waals surface area (Å²) in [7, 11) is 18.5. The molecule has 0 spiro atoms. The average molecular weight is 642 g/mol. The molecule has 0 fully saturated rings. The zero-order valence-corrected chi connectivity index (χ0v) is 26.3. The largest absolute Gasteiger partial charge is 1.00 e. The van der Waals surface area contributed by atoms with Crippen LogP contribution in [0.2, 0.25) is 0 Å². The molecule has 0 saturated heterocycles. The molecule has 0 radical (unpaired) electrons. The number of aliphatic hydroxyl groups is 3. The predicted octanol–water partition coefficient (Wildman–Crippen LogP) is -5.53. The van der Waals surface area contributed by atoms with Crippen molar-refractivity contribution in [3.8, 4) is 0 Å². The Kier molecular flexibility index (Phi) is 33.8. The van der Waals surface area contributed by atoms with Gasteiger partial charge in [-0.15, -0.1) is 0 Å². The van der Waals surface area contributed by atoms with Crippen LogP contribution in [0.3, 0.4) is 0 Å². The second-order valence-corrected chi connectivity index (χ2v) is 11.1. The first-order valence-electron chi connectivity index (χ1n) is 11.9. The summed E-state index contributed by atoms with van der Waals surface area (Å²) in [6.45, 7) is 4.11. The molecule has 13 heteroatoms. The molecule has 0 aliphatic heterocycles. The summed E-state index contributed by atoms with van der Waals surface area (Å²) in [6, 6.07) is 0. The molecule has 0 saturated carbocycles. The van der Waals surface area contributed by atoms with Crippen LogP contribution in [0.15, 0.2) is 0 Å². The summed E-state index contributed by atoms with van der Waals surface area (Å²) in [6.07, 6.45) is 0.662. The lowest BCUT2D eigenvalue weighted by molar-refractivity contribution is -0.870. The highest BCUT2D eigenvalue weighted by Gasteiger charge is 2.03. The van der Waals surface area contributed by atoms with Crippen LogP contribution >= 0.6 is 0 Å². The van der Waals surface area contributed by atoms with Gasteiger partial charge in [0.1, 0.15) is 31.8 Å². The minimum absolute atomic E-state index is 0. The minimum atomic E-state index is -1.26. The molecule has 0 aromatic heterocycles. The van der Waals surface area contributed by atoms with E-state index in [1.165, 1.54) is 0 Å². The van der Waals surface area contributed by atoms with Crippen LogP contribution in [0, 0.1) is 0 Å². The van der Waals surface area contributed by atoms with Gasteiger partial charge in [-0.05, 0) is 12.8 Å². The molecule has 0 bridgehead atoms. The lowest BCUT2D eigenvalue weighted by Gasteiger charge is -2.21. The highest BCUT2D eigenvalue weighted by molar-refractivity contribution is 5.61. The van der Waals surface area contributed by atoms with Gasteiger partial charge in [-0.3, -0.25) is 0 Å². The third-order valence-corrected chi connectivity index (χ3v) is 3.95. The maximum Gasteiger partial charge on any atom is 0.134 e. The molecule has 222 valence electrons. The number of carbonyl (C=O) groups is 2. The first kappa shape index (κ1) is 45.0. The molecule has 0 aromatic rings. The van der Waals surface area contributed by atoms with Crippen LogP contribution in [0.1, 0.15) is 25.7 Å². The number of carbonyl (C=O) groups excluding carboxylic acids is 2. The van der Waals surface area contributed by atoms with Crippen molar-refractivity contribution < 1.29 is 72.5 Å². The van der Waals surface area contributed by atoms with Gasteiger partial charge >= 0.3 is 0 Å². The molecule has 2 amide bonds. The smallest absolute Gasteiger partial charge is 0.134 e. The third-order valence-electron chi connectivity index (χ3n) is 3.95. The number of quaternary nitrogens is 3. The second-order valence-electron chi connectivity index (χ2n) is 11.1. The highest BCUT2D eigenvalue weighted by Crippen LogP contribution is 1.97. The predicted molar refractivity (Wildman–Crippen MR) is 135 cm³/mol. The molecule has 0 unspecified atom stereocenters. The topological polar surface area (TPSA) is 165 Å². The number of nitrogens with zero attached hydrogens (tertiary/aromatic N) is 3. The Balaban J connectivity index is -0.000000125. The first-order chi connectivity index (χ1) is 15.8. The second kappa shape index (κ2) is 27.1. The van der Waals surface area contributed by atoms with Gasteiger partial charge in [0.25, 0.3) is 0 Å². The fourth-order valence-corrected chi connectivity index (χ4v) is 1.88. The fraction of sp³-hybridized carbons (Fsp3) is 0.913. The summed E-state index contributed by atoms with van der Waals surface area (Å²) in [5.74, 6) is 0. The molecular weight excluding hydrogens is 585 g/mol. The van der Waals surface area contributed by atoms with Gasteiger partial charge < -0.3 is 83.2 Å². The summed E-state index contributed by atoms with van der Waals surface area (Å²) in [5.41, 5.74) is 0. The first-order valence-corrected chi connectivity index (χ1v) is 11.9. The van der Waals surface area contributed by atoms with Gasteiger partial charge in [0.15, 0.2) is 0 Å².